The fourth-order valence-electron chi connectivity index (χ4n) is 3.97. The smallest absolute Gasteiger partial charge is 0.328 e. The van der Waals surface area contributed by atoms with Crippen molar-refractivity contribution in [3.63, 3.8) is 0 Å². The monoisotopic (exact) mass is 363 g/mol. The Bertz CT molecular complexity index is 727. The van der Waals surface area contributed by atoms with E-state index in [9.17, 15) is 14.4 Å². The summed E-state index contributed by atoms with van der Waals surface area (Å²) in [7, 11) is 2.17. The average Bonchev–Trinajstić information content (AvgIpc) is 2.64. The van der Waals surface area contributed by atoms with Crippen LogP contribution >= 0.6 is 0 Å². The van der Waals surface area contributed by atoms with Crippen LogP contribution in [-0.4, -0.2) is 82.5 Å². The number of H-pyrrole nitrogens is 1. The van der Waals surface area contributed by atoms with Crippen LogP contribution in [0.15, 0.2) is 21.9 Å². The highest BCUT2D eigenvalue weighted by Gasteiger charge is 2.30. The van der Waals surface area contributed by atoms with Crippen LogP contribution in [0.1, 0.15) is 19.8 Å². The summed E-state index contributed by atoms with van der Waals surface area (Å²) in [6.45, 7) is 8.24. The third-order valence-corrected chi connectivity index (χ3v) is 5.89. The lowest BCUT2D eigenvalue weighted by atomic mass is 9.89. The number of piperazine rings is 1. The number of hydrogen-bond acceptors (Lipinski definition) is 5. The number of amides is 1. The molecule has 144 valence electrons. The molecule has 0 saturated carbocycles. The van der Waals surface area contributed by atoms with Crippen LogP contribution in [0.3, 0.4) is 0 Å². The second kappa shape index (κ2) is 8.18. The Hall–Kier alpha value is -1.93. The van der Waals surface area contributed by atoms with Crippen molar-refractivity contribution in [2.45, 2.75) is 32.4 Å². The number of aromatic nitrogens is 2. The van der Waals surface area contributed by atoms with Crippen LogP contribution in [-0.2, 0) is 11.3 Å². The molecule has 1 aromatic heterocycles. The van der Waals surface area contributed by atoms with Crippen LogP contribution in [0.25, 0.3) is 0 Å². The molecule has 2 aliphatic heterocycles. The van der Waals surface area contributed by atoms with Gasteiger partial charge in [0.05, 0.1) is 0 Å². The summed E-state index contributed by atoms with van der Waals surface area (Å²) in [5.74, 6) is 0.545. The van der Waals surface area contributed by atoms with Crippen LogP contribution in [0.2, 0.25) is 0 Å². The zero-order chi connectivity index (χ0) is 18.7. The molecule has 2 saturated heterocycles. The van der Waals surface area contributed by atoms with Crippen LogP contribution in [0.5, 0.6) is 0 Å². The number of nitrogens with zero attached hydrogens (tertiary/aromatic N) is 4. The van der Waals surface area contributed by atoms with Crippen molar-refractivity contribution in [3.8, 4) is 0 Å². The van der Waals surface area contributed by atoms with Gasteiger partial charge in [-0.3, -0.25) is 24.0 Å². The number of rotatable bonds is 4. The predicted octanol–water partition coefficient (Wildman–Crippen LogP) is -0.589. The van der Waals surface area contributed by atoms with E-state index in [4.69, 9.17) is 0 Å². The SMILES string of the molecule is CC(C1CCN(C(=O)Cn2ccc(=O)[nH]c2=O)CC1)N1CCN(C)CC1. The van der Waals surface area contributed by atoms with E-state index in [2.05, 4.69) is 28.8 Å². The van der Waals surface area contributed by atoms with Gasteiger partial charge in [-0.15, -0.1) is 0 Å². The van der Waals surface area contributed by atoms with Gasteiger partial charge in [-0.05, 0) is 32.7 Å². The summed E-state index contributed by atoms with van der Waals surface area (Å²) in [5.41, 5.74) is -0.984. The quantitative estimate of drug-likeness (QED) is 0.773. The first-order chi connectivity index (χ1) is 12.4. The minimum Gasteiger partial charge on any atom is -0.341 e. The Morgan fingerprint density at radius 3 is 2.42 bits per heavy atom. The van der Waals surface area contributed by atoms with Gasteiger partial charge in [-0.25, -0.2) is 4.79 Å². The number of likely N-dealkylation sites (tertiary alicyclic amines) is 1. The molecule has 1 N–H and O–H groups in total. The standard InChI is InChI=1S/C18H29N5O3/c1-14(21-11-9-20(2)10-12-21)15-3-6-22(7-4-15)17(25)13-23-8-5-16(24)19-18(23)26/h5,8,14-15H,3-4,6-7,9-13H2,1-2H3,(H,19,24,26). The van der Waals surface area contributed by atoms with E-state index in [1.807, 2.05) is 4.90 Å². The van der Waals surface area contributed by atoms with E-state index < -0.39 is 11.2 Å². The largest absolute Gasteiger partial charge is 0.341 e. The molecular weight excluding hydrogens is 334 g/mol. The van der Waals surface area contributed by atoms with Gasteiger partial charge in [0.25, 0.3) is 5.56 Å². The van der Waals surface area contributed by atoms with Gasteiger partial charge in [-0.1, -0.05) is 0 Å². The van der Waals surface area contributed by atoms with E-state index in [0.29, 0.717) is 12.0 Å². The summed E-state index contributed by atoms with van der Waals surface area (Å²) >= 11 is 0. The minimum atomic E-state index is -0.538. The summed E-state index contributed by atoms with van der Waals surface area (Å²) in [6, 6.07) is 1.81. The summed E-state index contributed by atoms with van der Waals surface area (Å²) in [6.07, 6.45) is 3.38. The molecule has 0 aromatic carbocycles. The van der Waals surface area contributed by atoms with Crippen LogP contribution in [0, 0.1) is 5.92 Å². The molecular formula is C18H29N5O3. The molecule has 1 aromatic rings. The topological polar surface area (TPSA) is 81.6 Å². The maximum absolute atomic E-state index is 12.5. The highest BCUT2D eigenvalue weighted by Crippen LogP contribution is 2.25. The Morgan fingerprint density at radius 1 is 1.15 bits per heavy atom. The molecule has 3 rings (SSSR count). The molecule has 26 heavy (non-hydrogen) atoms. The van der Waals surface area contributed by atoms with Crippen LogP contribution in [0.4, 0.5) is 0 Å². The number of carbonyl (C=O) groups excluding carboxylic acids is 1. The normalized spacial score (nSPS) is 21.7. The first kappa shape index (κ1) is 18.8. The number of likely N-dealkylation sites (N-methyl/N-ethyl adjacent to an activating group) is 1. The van der Waals surface area contributed by atoms with Gasteiger partial charge in [0, 0.05) is 57.6 Å². The molecule has 8 nitrogen and oxygen atoms in total. The third kappa shape index (κ3) is 4.42. The molecule has 1 atom stereocenters. The van der Waals surface area contributed by atoms with E-state index in [0.717, 1.165) is 52.1 Å². The van der Waals surface area contributed by atoms with Crippen molar-refractivity contribution in [2.75, 3.05) is 46.3 Å². The number of hydrogen-bond donors (Lipinski definition) is 1. The second-order valence-corrected chi connectivity index (χ2v) is 7.54. The number of aromatic amines is 1. The minimum absolute atomic E-state index is 0.0196. The fraction of sp³-hybridized carbons (Fsp3) is 0.722. The van der Waals surface area contributed by atoms with Gasteiger partial charge < -0.3 is 9.80 Å². The zero-order valence-electron chi connectivity index (χ0n) is 15.7. The first-order valence-electron chi connectivity index (χ1n) is 9.44. The molecule has 0 aliphatic carbocycles. The summed E-state index contributed by atoms with van der Waals surface area (Å²) < 4.78 is 1.25. The summed E-state index contributed by atoms with van der Waals surface area (Å²) in [5, 5.41) is 0. The van der Waals surface area contributed by atoms with Crippen molar-refractivity contribution in [3.05, 3.63) is 33.1 Å². The van der Waals surface area contributed by atoms with Crippen molar-refractivity contribution >= 4 is 5.91 Å². The molecule has 0 radical (unpaired) electrons. The molecule has 1 amide bonds. The average molecular weight is 363 g/mol. The molecule has 0 bridgehead atoms. The molecule has 3 heterocycles. The van der Waals surface area contributed by atoms with E-state index >= 15 is 0 Å². The van der Waals surface area contributed by atoms with Gasteiger partial charge in [0.2, 0.25) is 5.91 Å². The highest BCUT2D eigenvalue weighted by molar-refractivity contribution is 5.76. The predicted molar refractivity (Wildman–Crippen MR) is 99.2 cm³/mol. The number of piperidine rings is 1. The lowest BCUT2D eigenvalue weighted by Crippen LogP contribution is -2.52. The number of carbonyl (C=O) groups is 1. The lowest BCUT2D eigenvalue weighted by Gasteiger charge is -2.42. The Kier molecular flexibility index (Phi) is 5.93. The van der Waals surface area contributed by atoms with Gasteiger partial charge in [-0.2, -0.15) is 0 Å². The van der Waals surface area contributed by atoms with Gasteiger partial charge in [0.1, 0.15) is 6.54 Å². The van der Waals surface area contributed by atoms with E-state index in [1.54, 1.807) is 0 Å². The Balaban J connectivity index is 1.50. The van der Waals surface area contributed by atoms with Crippen LogP contribution < -0.4 is 11.2 Å². The molecule has 2 fully saturated rings. The van der Waals surface area contributed by atoms with Crippen molar-refractivity contribution < 1.29 is 4.79 Å². The molecule has 1 unspecified atom stereocenters. The van der Waals surface area contributed by atoms with Crippen molar-refractivity contribution in [2.24, 2.45) is 5.92 Å². The Morgan fingerprint density at radius 2 is 1.81 bits per heavy atom. The summed E-state index contributed by atoms with van der Waals surface area (Å²) in [4.78, 5) is 44.3. The van der Waals surface area contributed by atoms with Crippen molar-refractivity contribution in [1.29, 1.82) is 0 Å². The van der Waals surface area contributed by atoms with E-state index in [-0.39, 0.29) is 12.5 Å². The molecule has 0 spiro atoms. The molecule has 2 aliphatic rings. The molecule has 8 heteroatoms. The zero-order valence-corrected chi connectivity index (χ0v) is 15.7. The Labute approximate surface area is 153 Å². The number of nitrogens with one attached hydrogen (secondary N) is 1. The van der Waals surface area contributed by atoms with E-state index in [1.165, 1.54) is 16.8 Å². The highest BCUT2D eigenvalue weighted by atomic mass is 16.2. The fourth-order valence-corrected chi connectivity index (χ4v) is 3.97. The maximum atomic E-state index is 12.5. The first-order valence-corrected chi connectivity index (χ1v) is 9.44. The maximum Gasteiger partial charge on any atom is 0.328 e. The lowest BCUT2D eigenvalue weighted by molar-refractivity contribution is -0.133. The van der Waals surface area contributed by atoms with Crippen molar-refractivity contribution in [1.82, 2.24) is 24.3 Å². The third-order valence-electron chi connectivity index (χ3n) is 5.89. The second-order valence-electron chi connectivity index (χ2n) is 7.54. The van der Waals surface area contributed by atoms with Gasteiger partial charge in [0.15, 0.2) is 0 Å². The van der Waals surface area contributed by atoms with Gasteiger partial charge >= 0.3 is 5.69 Å².